The van der Waals surface area contributed by atoms with E-state index in [4.69, 9.17) is 39.0 Å². The largest absolute Gasteiger partial charge is 0.472 e. The van der Waals surface area contributed by atoms with Crippen LogP contribution in [-0.4, -0.2) is 109 Å². The van der Waals surface area contributed by atoms with E-state index in [1.54, 1.807) is 0 Å². The summed E-state index contributed by atoms with van der Waals surface area (Å²) in [6.07, 6.45) is -6.85. The van der Waals surface area contributed by atoms with E-state index < -0.39 is 89.9 Å². The minimum absolute atomic E-state index is 0.0585. The summed E-state index contributed by atoms with van der Waals surface area (Å²) in [5.74, 6) is -1.32. The molecular weight excluding hydrogens is 662 g/mol. The van der Waals surface area contributed by atoms with E-state index in [2.05, 4.69) is 29.9 Å². The van der Waals surface area contributed by atoms with E-state index in [9.17, 15) is 33.9 Å². The molecule has 10 atom stereocenters. The van der Waals surface area contributed by atoms with Crippen molar-refractivity contribution in [2.75, 3.05) is 31.3 Å². The van der Waals surface area contributed by atoms with Crippen molar-refractivity contribution in [2.45, 2.75) is 43.0 Å². The van der Waals surface area contributed by atoms with Crippen LogP contribution in [-0.2, 0) is 36.7 Å². The number of nitrogen functional groups attached to an aromatic ring is 2. The zero-order valence-electron chi connectivity index (χ0n) is 23.1. The lowest BCUT2D eigenvalue weighted by Gasteiger charge is -2.26. The van der Waals surface area contributed by atoms with Crippen LogP contribution >= 0.6 is 15.6 Å². The standard InChI is InChI=1S/C21H26N10O13P2/c22-15-10-16(25-4-24-15)30(5-26-10)19-7(1-32)13-9(42-19)3-40-46(37,38)44-14-12(33)8(2-39-45(35,36)43-13)41-20(14)31-6-27-11-17(31)28-21(23)29-18(11)34/h4-9,12-14,19-20,32-33H,1-3H2,(H,35,36)(H,37,38)(H2,22,24,25)(H3,23,28,29,34). The van der Waals surface area contributed by atoms with Gasteiger partial charge in [0.05, 0.1) is 38.4 Å². The Bertz CT molecular complexity index is 1950. The third-order valence-electron chi connectivity index (χ3n) is 7.69. The number of nitrogens with two attached hydrogens (primary N) is 2. The summed E-state index contributed by atoms with van der Waals surface area (Å²) in [6, 6.07) is 0. The third-order valence-corrected chi connectivity index (χ3v) is 9.66. The molecule has 3 aliphatic heterocycles. The number of hydrogen-bond donors (Lipinski definition) is 7. The number of nitrogens with one attached hydrogen (secondary N) is 1. The Balaban J connectivity index is 1.22. The summed E-state index contributed by atoms with van der Waals surface area (Å²) in [4.78, 5) is 56.2. The maximum Gasteiger partial charge on any atom is 0.472 e. The molecule has 3 fully saturated rings. The van der Waals surface area contributed by atoms with E-state index >= 15 is 0 Å². The zero-order chi connectivity index (χ0) is 32.5. The van der Waals surface area contributed by atoms with Crippen molar-refractivity contribution in [2.24, 2.45) is 5.92 Å². The predicted molar refractivity (Wildman–Crippen MR) is 148 cm³/mol. The fourth-order valence-electron chi connectivity index (χ4n) is 5.62. The van der Waals surface area contributed by atoms with Gasteiger partial charge in [-0.1, -0.05) is 0 Å². The van der Waals surface area contributed by atoms with E-state index in [-0.39, 0.29) is 34.1 Å². The number of hydrogen-bond acceptors (Lipinski definition) is 18. The number of aliphatic hydroxyl groups excluding tert-OH is 2. The maximum absolute atomic E-state index is 13.3. The van der Waals surface area contributed by atoms with E-state index in [0.717, 1.165) is 10.9 Å². The Morgan fingerprint density at radius 1 is 0.891 bits per heavy atom. The average Bonchev–Trinajstić information content (AvgIpc) is 3.75. The normalized spacial score (nSPS) is 37.1. The highest BCUT2D eigenvalue weighted by Gasteiger charge is 2.54. The second kappa shape index (κ2) is 11.4. The van der Waals surface area contributed by atoms with E-state index in [1.165, 1.54) is 17.2 Å². The lowest BCUT2D eigenvalue weighted by atomic mass is 10.0. The fourth-order valence-corrected chi connectivity index (χ4v) is 7.55. The van der Waals surface area contributed by atoms with Crippen molar-refractivity contribution in [3.05, 3.63) is 29.3 Å². The van der Waals surface area contributed by atoms with Crippen molar-refractivity contribution in [1.82, 2.24) is 39.0 Å². The number of anilines is 2. The Hall–Kier alpha value is -3.44. The van der Waals surface area contributed by atoms with Crippen molar-refractivity contribution < 1.29 is 56.7 Å². The van der Waals surface area contributed by atoms with E-state index in [0.29, 0.717) is 0 Å². The quantitative estimate of drug-likeness (QED) is 0.113. The molecule has 7 rings (SSSR count). The van der Waals surface area contributed by atoms with Crippen molar-refractivity contribution in [1.29, 1.82) is 0 Å². The first-order valence-electron chi connectivity index (χ1n) is 13.4. The van der Waals surface area contributed by atoms with Crippen LogP contribution < -0.4 is 17.0 Å². The summed E-state index contributed by atoms with van der Waals surface area (Å²) in [5, 5.41) is 21.4. The molecule has 248 valence electrons. The number of phosphoric acid groups is 2. The van der Waals surface area contributed by atoms with Crippen LogP contribution in [0.15, 0.2) is 23.8 Å². The second-order valence-corrected chi connectivity index (χ2v) is 13.3. The SMILES string of the molecule is Nc1nc2c(ncn2C2OC3COP(=O)(O)OC4C(COP(=O)(O)OC2C3O)OC(n2cnc3c(N)ncnc32)C4CO)c(=O)[nH]1. The smallest absolute Gasteiger partial charge is 0.396 e. The zero-order valence-corrected chi connectivity index (χ0v) is 24.9. The number of aromatic amines is 1. The Kier molecular flexibility index (Phi) is 7.70. The minimum atomic E-state index is -5.10. The number of aliphatic hydroxyl groups is 2. The van der Waals surface area contributed by atoms with Gasteiger partial charge in [0.25, 0.3) is 5.56 Å². The van der Waals surface area contributed by atoms with Crippen LogP contribution in [0.25, 0.3) is 22.3 Å². The Labute approximate surface area is 255 Å². The molecule has 2 bridgehead atoms. The molecular formula is C21H26N10O13P2. The monoisotopic (exact) mass is 688 g/mol. The van der Waals surface area contributed by atoms with Crippen LogP contribution in [0.1, 0.15) is 12.5 Å². The highest BCUT2D eigenvalue weighted by Crippen LogP contribution is 2.54. The van der Waals surface area contributed by atoms with Gasteiger partial charge in [-0.15, -0.1) is 0 Å². The van der Waals surface area contributed by atoms with Crippen LogP contribution in [0.5, 0.6) is 0 Å². The van der Waals surface area contributed by atoms with Gasteiger partial charge < -0.3 is 40.9 Å². The van der Waals surface area contributed by atoms with Gasteiger partial charge >= 0.3 is 15.6 Å². The van der Waals surface area contributed by atoms with E-state index in [1.807, 2.05) is 0 Å². The minimum Gasteiger partial charge on any atom is -0.396 e. The number of fused-ring (bicyclic) bond motifs is 5. The molecule has 4 aromatic heterocycles. The highest BCUT2D eigenvalue weighted by atomic mass is 31.2. The number of aromatic nitrogens is 8. The van der Waals surface area contributed by atoms with Crippen LogP contribution in [0.4, 0.5) is 11.8 Å². The van der Waals surface area contributed by atoms with Crippen molar-refractivity contribution in [3.8, 4) is 0 Å². The van der Waals surface area contributed by atoms with Gasteiger partial charge in [0, 0.05) is 0 Å². The molecule has 3 saturated heterocycles. The number of H-pyrrole nitrogens is 1. The molecule has 0 aliphatic carbocycles. The molecule has 3 aliphatic rings. The lowest BCUT2D eigenvalue weighted by Crippen LogP contribution is -2.35. The summed E-state index contributed by atoms with van der Waals surface area (Å²) >= 11 is 0. The topological polar surface area (TPSA) is 330 Å². The Morgan fingerprint density at radius 3 is 2.24 bits per heavy atom. The molecule has 7 heterocycles. The van der Waals surface area contributed by atoms with Crippen LogP contribution in [0.3, 0.4) is 0 Å². The van der Waals surface area contributed by atoms with Crippen molar-refractivity contribution >= 4 is 49.7 Å². The number of rotatable bonds is 3. The third kappa shape index (κ3) is 5.39. The van der Waals surface area contributed by atoms with Crippen LogP contribution in [0, 0.1) is 5.92 Å². The first kappa shape index (κ1) is 31.2. The first-order chi connectivity index (χ1) is 21.9. The molecule has 10 unspecified atom stereocenters. The Morgan fingerprint density at radius 2 is 1.52 bits per heavy atom. The molecule has 4 aromatic rings. The lowest BCUT2D eigenvalue weighted by molar-refractivity contribution is -0.0671. The summed E-state index contributed by atoms with van der Waals surface area (Å²) in [7, 11) is -10.1. The summed E-state index contributed by atoms with van der Waals surface area (Å²) < 4.78 is 62.0. The molecule has 0 spiro atoms. The van der Waals surface area contributed by atoms with Gasteiger partial charge in [0.1, 0.15) is 48.6 Å². The molecule has 9 N–H and O–H groups in total. The van der Waals surface area contributed by atoms with Gasteiger partial charge in [-0.25, -0.2) is 29.1 Å². The van der Waals surface area contributed by atoms with Crippen molar-refractivity contribution in [3.63, 3.8) is 0 Å². The predicted octanol–water partition coefficient (Wildman–Crippen LogP) is -2.09. The molecule has 25 heteroatoms. The average molecular weight is 688 g/mol. The molecule has 0 aromatic carbocycles. The number of phosphoric ester groups is 2. The molecule has 0 saturated carbocycles. The molecule has 46 heavy (non-hydrogen) atoms. The maximum atomic E-state index is 13.3. The molecule has 0 radical (unpaired) electrons. The number of nitrogens with zero attached hydrogens (tertiary/aromatic N) is 7. The van der Waals surface area contributed by atoms with Gasteiger partial charge in [0.15, 0.2) is 28.9 Å². The number of imidazole rings is 2. The fraction of sp³-hybridized carbons (Fsp3) is 0.524. The molecule has 0 amide bonds. The van der Waals surface area contributed by atoms with Gasteiger partial charge in [-0.05, 0) is 0 Å². The summed E-state index contributed by atoms with van der Waals surface area (Å²) in [5.41, 5.74) is 11.0. The van der Waals surface area contributed by atoms with Gasteiger partial charge in [-0.3, -0.25) is 37.0 Å². The van der Waals surface area contributed by atoms with Gasteiger partial charge in [-0.2, -0.15) is 4.98 Å². The first-order valence-corrected chi connectivity index (χ1v) is 16.4. The second-order valence-electron chi connectivity index (χ2n) is 10.5. The molecule has 23 nitrogen and oxygen atoms in total. The van der Waals surface area contributed by atoms with Crippen LogP contribution in [0.2, 0.25) is 0 Å². The highest BCUT2D eigenvalue weighted by molar-refractivity contribution is 7.47. The summed E-state index contributed by atoms with van der Waals surface area (Å²) in [6.45, 7) is -2.25. The number of ether oxygens (including phenoxy) is 2. The van der Waals surface area contributed by atoms with Gasteiger partial charge in [0.2, 0.25) is 5.95 Å².